The number of ether oxygens (including phenoxy) is 12. The number of fused-ring (bicyclic) bond motifs is 5. The van der Waals surface area contributed by atoms with Crippen molar-refractivity contribution in [2.75, 3.05) is 98.2 Å². The lowest BCUT2D eigenvalue weighted by atomic mass is 9.47. The van der Waals surface area contributed by atoms with Crippen molar-refractivity contribution >= 4 is 35.6 Å². The van der Waals surface area contributed by atoms with Crippen molar-refractivity contribution in [1.82, 2.24) is 0 Å². The third-order valence-electron chi connectivity index (χ3n) is 16.2. The van der Waals surface area contributed by atoms with Crippen molar-refractivity contribution in [2.45, 2.75) is 169 Å². The predicted octanol–water partition coefficient (Wildman–Crippen LogP) is 8.33. The van der Waals surface area contributed by atoms with E-state index in [4.69, 9.17) is 56.8 Å². The molecule has 0 amide bonds. The Morgan fingerprint density at radius 2 is 1.19 bits per heavy atom. The van der Waals surface area contributed by atoms with Gasteiger partial charge in [0.25, 0.3) is 0 Å². The van der Waals surface area contributed by atoms with Crippen LogP contribution in [0.1, 0.15) is 133 Å². The molecular weight excluding hydrogens is 949 g/mol. The second-order valence-corrected chi connectivity index (χ2v) is 22.8. The first-order valence-electron chi connectivity index (χ1n) is 27.2. The smallest absolute Gasteiger partial charge is 0.303 e. The van der Waals surface area contributed by atoms with Gasteiger partial charge in [0.1, 0.15) is 18.1 Å². The van der Waals surface area contributed by atoms with E-state index < -0.39 is 53.7 Å². The molecule has 0 spiro atoms. The van der Waals surface area contributed by atoms with Crippen LogP contribution in [0, 0.1) is 46.3 Å². The molecule has 5 aliphatic rings. The number of carbonyl (C=O) groups is 4. The van der Waals surface area contributed by atoms with E-state index in [9.17, 15) is 19.2 Å². The van der Waals surface area contributed by atoms with Crippen molar-refractivity contribution in [3.05, 3.63) is 11.6 Å². The van der Waals surface area contributed by atoms with Crippen molar-refractivity contribution < 1.29 is 76.0 Å². The molecule has 4 aliphatic carbocycles. The molecular formula is C55H92O16S. The second kappa shape index (κ2) is 31.0. The van der Waals surface area contributed by atoms with Gasteiger partial charge < -0.3 is 56.8 Å². The molecule has 0 bridgehead atoms. The van der Waals surface area contributed by atoms with Gasteiger partial charge in [-0.1, -0.05) is 65.5 Å². The van der Waals surface area contributed by atoms with Gasteiger partial charge in [0.15, 0.2) is 18.3 Å². The van der Waals surface area contributed by atoms with Crippen molar-refractivity contribution in [1.29, 1.82) is 0 Å². The molecule has 0 unspecified atom stereocenters. The summed E-state index contributed by atoms with van der Waals surface area (Å²) in [4.78, 5) is 47.6. The highest BCUT2D eigenvalue weighted by Crippen LogP contribution is 2.67. The first-order valence-corrected chi connectivity index (χ1v) is 28.3. The SMILES string of the molecule is CC(=O)OC[C@H]1O[C@@H](SCCOCCOCCOCCOCCOCCOCCO[C@@H]2CC[C@@]3(C)C(=CC[C@H]4[C@@H]5CC[C@H]([C@H](C)CCCC(C)C)[C@@]5(C)CC[C@@H]43)C2)[C@H](OC(C)=O)[C@@H](OC(C)=O)[C@H]1OC(C)=O. The summed E-state index contributed by atoms with van der Waals surface area (Å²) in [6.07, 6.45) is 13.1. The summed E-state index contributed by atoms with van der Waals surface area (Å²) in [6.45, 7) is 23.0. The Hall–Kier alpha value is -2.35. The van der Waals surface area contributed by atoms with Crippen LogP contribution in [0.2, 0.25) is 0 Å². The molecule has 5 rings (SSSR count). The van der Waals surface area contributed by atoms with Crippen LogP contribution >= 0.6 is 11.8 Å². The number of rotatable bonds is 33. The summed E-state index contributed by atoms with van der Waals surface area (Å²) >= 11 is 1.25. The van der Waals surface area contributed by atoms with E-state index in [1.165, 1.54) is 97.2 Å². The number of allylic oxidation sites excluding steroid dienone is 1. The Morgan fingerprint density at radius 3 is 1.76 bits per heavy atom. The molecule has 1 saturated heterocycles. The van der Waals surface area contributed by atoms with Crippen LogP contribution in [0.4, 0.5) is 0 Å². The van der Waals surface area contributed by atoms with Gasteiger partial charge in [0, 0.05) is 33.4 Å². The lowest BCUT2D eigenvalue weighted by Crippen LogP contribution is -2.61. The molecule has 0 aromatic rings. The summed E-state index contributed by atoms with van der Waals surface area (Å²) < 4.78 is 68.0. The van der Waals surface area contributed by atoms with Crippen LogP contribution in [0.3, 0.4) is 0 Å². The van der Waals surface area contributed by atoms with Gasteiger partial charge in [0.2, 0.25) is 0 Å². The van der Waals surface area contributed by atoms with E-state index in [0.717, 1.165) is 48.3 Å². The maximum Gasteiger partial charge on any atom is 0.303 e. The molecule has 72 heavy (non-hydrogen) atoms. The molecule has 4 fully saturated rings. The number of hydrogen-bond acceptors (Lipinski definition) is 17. The quantitative estimate of drug-likeness (QED) is 0.0265. The predicted molar refractivity (Wildman–Crippen MR) is 272 cm³/mol. The van der Waals surface area contributed by atoms with Gasteiger partial charge in [-0.3, -0.25) is 19.2 Å². The molecule has 1 heterocycles. The summed E-state index contributed by atoms with van der Waals surface area (Å²) in [7, 11) is 0. The number of carbonyl (C=O) groups excluding carboxylic acids is 4. The molecule has 13 atom stereocenters. The summed E-state index contributed by atoms with van der Waals surface area (Å²) in [5.74, 6) is 2.99. The Morgan fingerprint density at radius 1 is 0.639 bits per heavy atom. The largest absolute Gasteiger partial charge is 0.463 e. The first kappa shape index (κ1) is 60.5. The van der Waals surface area contributed by atoms with E-state index >= 15 is 0 Å². The monoisotopic (exact) mass is 1040 g/mol. The zero-order valence-electron chi connectivity index (χ0n) is 45.3. The van der Waals surface area contributed by atoms with E-state index in [1.54, 1.807) is 5.57 Å². The van der Waals surface area contributed by atoms with Gasteiger partial charge in [0.05, 0.1) is 92.0 Å². The van der Waals surface area contributed by atoms with Crippen LogP contribution in [0.5, 0.6) is 0 Å². The Bertz CT molecular complexity index is 1680. The third kappa shape index (κ3) is 18.4. The Kier molecular flexibility index (Phi) is 26.1. The molecule has 0 aromatic heterocycles. The normalized spacial score (nSPS) is 31.4. The highest BCUT2D eigenvalue weighted by Gasteiger charge is 2.59. The fraction of sp³-hybridized carbons (Fsp3) is 0.891. The second-order valence-electron chi connectivity index (χ2n) is 21.6. The number of thioether (sulfide) groups is 1. The van der Waals surface area contributed by atoms with Crippen LogP contribution in [0.15, 0.2) is 11.6 Å². The fourth-order valence-corrected chi connectivity index (χ4v) is 13.9. The van der Waals surface area contributed by atoms with E-state index in [1.807, 2.05) is 0 Å². The molecule has 0 radical (unpaired) electrons. The van der Waals surface area contributed by atoms with Crippen LogP contribution < -0.4 is 0 Å². The lowest BCUT2D eigenvalue weighted by molar-refractivity contribution is -0.237. The molecule has 1 aliphatic heterocycles. The average molecular weight is 1040 g/mol. The van der Waals surface area contributed by atoms with Gasteiger partial charge in [-0.05, 0) is 97.7 Å². The standard InChI is InChI=1S/C55H92O16S/c1-37(2)11-10-12-38(3)46-15-16-47-45-14-13-43-35-44(17-19-54(43,8)48(45)18-20-55(46,47)9)66-32-31-64-28-27-62-24-23-60-21-22-61-25-26-63-29-30-65-33-34-72-53-52(70-42(7)59)51(69-41(6)58)50(68-40(5)57)49(71-53)36-67-39(4)56/h13,37-38,44-53H,10-12,14-36H2,1-9H3/t38-,44-,45+,46-,47+,48+,49-,50+,51+,52-,53+,54+,55-/m1/s1. The Labute approximate surface area is 435 Å². The molecule has 16 nitrogen and oxygen atoms in total. The van der Waals surface area contributed by atoms with Crippen molar-refractivity contribution in [3.63, 3.8) is 0 Å². The van der Waals surface area contributed by atoms with Crippen molar-refractivity contribution in [3.8, 4) is 0 Å². The van der Waals surface area contributed by atoms with Crippen LogP contribution in [-0.2, 0) is 76.0 Å². The number of hydrogen-bond donors (Lipinski definition) is 0. The molecule has 3 saturated carbocycles. The van der Waals surface area contributed by atoms with Gasteiger partial charge in [-0.2, -0.15) is 0 Å². The van der Waals surface area contributed by atoms with Gasteiger partial charge in [-0.15, -0.1) is 11.8 Å². The van der Waals surface area contributed by atoms with Gasteiger partial charge in [-0.25, -0.2) is 0 Å². The zero-order valence-corrected chi connectivity index (χ0v) is 46.1. The zero-order chi connectivity index (χ0) is 52.1. The Balaban J connectivity index is 0.829. The highest BCUT2D eigenvalue weighted by atomic mass is 32.2. The molecule has 414 valence electrons. The van der Waals surface area contributed by atoms with E-state index in [0.29, 0.717) is 109 Å². The average Bonchev–Trinajstić information content (AvgIpc) is 3.68. The maximum absolute atomic E-state index is 12.0. The first-order chi connectivity index (χ1) is 34.5. The topological polar surface area (TPSA) is 179 Å². The van der Waals surface area contributed by atoms with Crippen LogP contribution in [0.25, 0.3) is 0 Å². The molecule has 17 heteroatoms. The minimum Gasteiger partial charge on any atom is -0.463 e. The van der Waals surface area contributed by atoms with Crippen molar-refractivity contribution in [2.24, 2.45) is 46.3 Å². The van der Waals surface area contributed by atoms with Gasteiger partial charge >= 0.3 is 23.9 Å². The van der Waals surface area contributed by atoms with Crippen LogP contribution in [-0.4, -0.2) is 158 Å². The minimum absolute atomic E-state index is 0.277. The number of esters is 4. The van der Waals surface area contributed by atoms with E-state index in [-0.39, 0.29) is 6.61 Å². The minimum atomic E-state index is -1.20. The summed E-state index contributed by atoms with van der Waals surface area (Å²) in [5, 5.41) is 0. The summed E-state index contributed by atoms with van der Waals surface area (Å²) in [5.41, 5.74) is 1.71. The summed E-state index contributed by atoms with van der Waals surface area (Å²) in [6, 6.07) is 0. The highest BCUT2D eigenvalue weighted by molar-refractivity contribution is 7.99. The molecule has 0 aromatic carbocycles. The maximum atomic E-state index is 12.0. The van der Waals surface area contributed by atoms with E-state index in [2.05, 4.69) is 40.7 Å². The third-order valence-corrected chi connectivity index (χ3v) is 17.3. The molecule has 0 N–H and O–H groups in total. The fourth-order valence-electron chi connectivity index (χ4n) is 12.8. The lowest BCUT2D eigenvalue weighted by Gasteiger charge is -2.58.